The Balaban J connectivity index is 0.000000200. The Labute approximate surface area is 832 Å². The van der Waals surface area contributed by atoms with Gasteiger partial charge in [0.1, 0.15) is 0 Å². The molecule has 8 heteroatoms. The third kappa shape index (κ3) is 31.9. The zero-order valence-electron chi connectivity index (χ0n) is 84.7. The van der Waals surface area contributed by atoms with Gasteiger partial charge >= 0.3 is 0 Å². The van der Waals surface area contributed by atoms with Crippen LogP contribution in [0.5, 0.6) is 0 Å². The Bertz CT molecular complexity index is 6710. The quantitative estimate of drug-likeness (QED) is 0.121. The van der Waals surface area contributed by atoms with E-state index in [1.54, 1.807) is 30.5 Å². The van der Waals surface area contributed by atoms with E-state index < -0.39 is 34.3 Å². The van der Waals surface area contributed by atoms with Gasteiger partial charge in [0, 0.05) is 130 Å². The van der Waals surface area contributed by atoms with Gasteiger partial charge in [-0.1, -0.05) is 146 Å². The van der Waals surface area contributed by atoms with Crippen molar-refractivity contribution in [1.29, 1.82) is 0 Å². The molecular weight excluding hydrogens is 2270 g/mol. The first-order valence-corrected chi connectivity index (χ1v) is 39.7. The first-order valence-electron chi connectivity index (χ1n) is 47.2. The van der Waals surface area contributed by atoms with Gasteiger partial charge in [-0.25, -0.2) is 44.5 Å². The van der Waals surface area contributed by atoms with Crippen LogP contribution in [-0.4, -0.2) is 19.9 Å². The number of rotatable bonds is 11. The summed E-state index contributed by atoms with van der Waals surface area (Å²) >= 11 is 0. The van der Waals surface area contributed by atoms with Crippen LogP contribution >= 0.6 is 0 Å². The molecule has 0 aliphatic heterocycles. The first kappa shape index (κ1) is 79.3. The fourth-order valence-electron chi connectivity index (χ4n) is 12.1. The predicted molar refractivity (Wildman–Crippen MR) is 511 cm³/mol. The molecule has 19 aromatic rings. The van der Waals surface area contributed by atoms with Crippen LogP contribution in [0.4, 0.5) is 0 Å². The summed E-state index contributed by atoms with van der Waals surface area (Å²) in [6, 6.07) is 157. The Morgan fingerprint density at radius 2 is 0.504 bits per heavy atom. The minimum Gasteiger partial charge on any atom is -0.305 e. The number of benzene rings is 15. The number of hydrogen-bond donors (Lipinski definition) is 0. The Morgan fingerprint density at radius 3 is 0.835 bits per heavy atom. The van der Waals surface area contributed by atoms with Crippen molar-refractivity contribution in [3.05, 3.63) is 530 Å². The van der Waals surface area contributed by atoms with Gasteiger partial charge in [0.15, 0.2) is 0 Å². The molecule has 15 aromatic carbocycles. The largest absolute Gasteiger partial charge is 0.305 e. The molecule has 4 aromatic heterocycles. The Morgan fingerprint density at radius 1 is 0.197 bits per heavy atom. The fraction of sp³-hybridized carbons (Fsp3) is 0.0756. The van der Waals surface area contributed by atoms with E-state index in [0.29, 0.717) is 39.2 Å². The molecule has 0 spiro atoms. The monoisotopic (exact) mass is 2370 g/mol. The molecule has 4 heterocycles. The predicted octanol–water partition coefficient (Wildman–Crippen LogP) is 29.8. The van der Waals surface area contributed by atoms with Crippen molar-refractivity contribution in [3.63, 3.8) is 0 Å². The summed E-state index contributed by atoms with van der Waals surface area (Å²) in [7, 11) is 0. The average Bonchev–Trinajstić information content (AvgIpc) is 0.786. The summed E-state index contributed by atoms with van der Waals surface area (Å²) in [5.74, 6) is 0. The van der Waals surface area contributed by atoms with Crippen LogP contribution in [0.25, 0.3) is 123 Å². The van der Waals surface area contributed by atoms with Crippen molar-refractivity contribution in [1.82, 2.24) is 19.9 Å². The van der Waals surface area contributed by atoms with E-state index in [2.05, 4.69) is 162 Å². The van der Waals surface area contributed by atoms with Crippen LogP contribution in [-0.2, 0) is 84.3 Å². The van der Waals surface area contributed by atoms with Crippen molar-refractivity contribution in [2.45, 2.75) is 62.0 Å². The average molecular weight is 2380 g/mol. The van der Waals surface area contributed by atoms with Crippen LogP contribution in [0.2, 0.25) is 0 Å². The fourth-order valence-corrected chi connectivity index (χ4v) is 12.1. The normalized spacial score (nSPS) is 12.1. The van der Waals surface area contributed by atoms with Crippen LogP contribution in [0.15, 0.2) is 407 Å². The number of aromatic nitrogens is 4. The van der Waals surface area contributed by atoms with Crippen molar-refractivity contribution in [2.24, 2.45) is 0 Å². The van der Waals surface area contributed by atoms with Crippen LogP contribution < -0.4 is 0 Å². The number of aryl methyl sites for hydroxylation is 9. The van der Waals surface area contributed by atoms with Gasteiger partial charge in [-0.2, -0.15) is 188 Å². The molecule has 642 valence electrons. The van der Waals surface area contributed by atoms with E-state index in [1.165, 1.54) is 70.5 Å². The Hall–Kier alpha value is -12.3. The molecule has 0 aliphatic rings. The molecule has 4 nitrogen and oxygen atoms in total. The Kier molecular flexibility index (Phi) is 33.6. The van der Waals surface area contributed by atoms with Crippen molar-refractivity contribution in [2.75, 3.05) is 0 Å². The van der Waals surface area contributed by atoms with Crippen molar-refractivity contribution >= 4 is 0 Å². The molecule has 0 fully saturated rings. The van der Waals surface area contributed by atoms with Crippen LogP contribution in [0.1, 0.15) is 70.6 Å². The first-order chi connectivity index (χ1) is 66.3. The second-order valence-corrected chi connectivity index (χ2v) is 27.9. The summed E-state index contributed by atoms with van der Waals surface area (Å²) in [6.07, 6.45) is 6.60. The summed E-state index contributed by atoms with van der Waals surface area (Å²) < 4.78 is 112. The maximum Gasteiger partial charge on any atom is 0.0280 e. The van der Waals surface area contributed by atoms with Gasteiger partial charge < -0.3 is 19.9 Å². The molecule has 0 aliphatic carbocycles. The summed E-state index contributed by atoms with van der Waals surface area (Å²) in [6.45, 7) is -2.48. The number of nitrogens with zero attached hydrogens (tertiary/aromatic N) is 4. The van der Waals surface area contributed by atoms with Crippen molar-refractivity contribution < 1.29 is 105 Å². The number of pyridine rings is 4. The third-order valence-electron chi connectivity index (χ3n) is 18.9. The SMILES string of the molecule is Cc1ccc(-c2cc[c-]c(-c3[c-]cccc3)c2)cc1.Cc1cnc(-c2[c-]cccc2)cc1C.[2H]C([2H])([2H])c1c[c-]c(-c2[c-]cc(C([2H])([2H])[2H])cc2)cc1.[2H]C([2H])([2H])c1c[c-]c(-c2[c-]cccc2)cc1.[2H]C([2H])([2H])c1cnc(-c2[c-]cccc2)cc1-c1ccc(C)cc1.[2H]C([2H])([2H])c1cnc(-c2[c-]cccc2)cc1-c1ccccc1.[Pt].[Pt].[Pt].[Pt].[c-]1ccccc1-c1[c-]cccc1.[c-]1ccccc1-c1ccccn1. The second-order valence-electron chi connectivity index (χ2n) is 27.9. The summed E-state index contributed by atoms with van der Waals surface area (Å²) in [5.41, 5.74) is 26.4. The third-order valence-corrected chi connectivity index (χ3v) is 18.9. The van der Waals surface area contributed by atoms with Gasteiger partial charge in [0.2, 0.25) is 0 Å². The molecule has 0 unspecified atom stereocenters. The van der Waals surface area contributed by atoms with Crippen LogP contribution in [0, 0.1) is 135 Å². The van der Waals surface area contributed by atoms with E-state index in [4.69, 9.17) is 20.6 Å². The molecule has 127 heavy (non-hydrogen) atoms. The van der Waals surface area contributed by atoms with Gasteiger partial charge in [0.25, 0.3) is 0 Å². The van der Waals surface area contributed by atoms with E-state index in [0.717, 1.165) is 83.7 Å². The molecule has 19 rings (SSSR count). The standard InChI is InChI=1S/C19H16N.C19H14.C18H14N.C14H12.C13H12N.C13H10.C12H8.C11H8N.4Pt/c1-14-8-10-16(11-9-14)18-12-19(20-13-15(18)2)17-6-4-3-5-7-17;1-15-10-12-17(13-11-15)19-9-5-8-18(14-19)16-6-3-2-4-7-16;1-14-13-19-18(16-10-6-3-7-11-16)12-17(14)15-8-4-2-5-9-15;1-11-3-7-13(8-4-11)14-9-5-12(2)6-10-14;1-10-8-13(14-9-11(10)2)12-6-4-3-5-7-12;1-11-7-9-13(10-8-11)12-5-3-2-4-6-12;1-3-7-11(8-4-1)12-9-5-2-6-10-12;1-2-6-10(7-3-1)11-8-4-5-9-12-11;;;;/h3-6,8-13H,1-2H3;2-6,9-14H,1H3;2-10,12-13H,1H3;3-7,9H,1-2H3;3-6,8-9H,1-2H3;2-5,7-9H,1H3;1-7,9H;1-6,8-9H;;;;/q-1;-2;-1;-2;-1;2*-2;-1;;;;/i2D3;;1D3;1D3,2D3;;1D3;;;;;;. The van der Waals surface area contributed by atoms with E-state index in [-0.39, 0.29) is 107 Å². The zero-order valence-corrected chi connectivity index (χ0v) is 78.8. The van der Waals surface area contributed by atoms with Gasteiger partial charge in [0.05, 0.1) is 0 Å². The molecular formula is C119H94N4Pt4-12. The maximum atomic E-state index is 7.77. The smallest absolute Gasteiger partial charge is 0.0280 e. The van der Waals surface area contributed by atoms with Crippen molar-refractivity contribution in [3.8, 4) is 123 Å². The minimum absolute atomic E-state index is 0. The van der Waals surface area contributed by atoms with Crippen LogP contribution in [0.3, 0.4) is 0 Å². The minimum atomic E-state index is -2.20. The van der Waals surface area contributed by atoms with Gasteiger partial charge in [-0.05, 0) is 115 Å². The molecule has 0 saturated carbocycles. The molecule has 0 amide bonds. The second kappa shape index (κ2) is 53.9. The van der Waals surface area contributed by atoms with E-state index in [9.17, 15) is 0 Å². The van der Waals surface area contributed by atoms with Gasteiger partial charge in [-0.15, -0.1) is 196 Å². The molecule has 0 bridgehead atoms. The topological polar surface area (TPSA) is 51.6 Å². The molecule has 0 atom stereocenters. The summed E-state index contributed by atoms with van der Waals surface area (Å²) in [5, 5.41) is 0. The molecule has 0 saturated heterocycles. The van der Waals surface area contributed by atoms with E-state index >= 15 is 0 Å². The van der Waals surface area contributed by atoms with E-state index in [1.807, 2.05) is 292 Å². The van der Waals surface area contributed by atoms with Gasteiger partial charge in [-0.3, -0.25) is 0 Å². The maximum absolute atomic E-state index is 7.77. The zero-order chi connectivity index (χ0) is 98.1. The summed E-state index contributed by atoms with van der Waals surface area (Å²) in [4.78, 5) is 17.2. The molecule has 0 radical (unpaired) electrons. The number of hydrogen-bond acceptors (Lipinski definition) is 4. The molecule has 0 N–H and O–H groups in total.